The number of thiophene rings is 1. The van der Waals surface area contributed by atoms with Crippen molar-refractivity contribution in [1.29, 1.82) is 0 Å². The normalized spacial score (nSPS) is 11.2. The van der Waals surface area contributed by atoms with Gasteiger partial charge in [-0.2, -0.15) is 10.2 Å². The van der Waals surface area contributed by atoms with Gasteiger partial charge in [-0.15, -0.1) is 11.3 Å². The number of hydrogen-bond acceptors (Lipinski definition) is 5. The van der Waals surface area contributed by atoms with Gasteiger partial charge >= 0.3 is 0 Å². The SMILES string of the molecule is Cc1ccc(N=Nc2ccc(N/C=C/C(=O)c3cccs3)cc2)cc1. The number of aryl methyl sites for hydroxylation is 1. The Morgan fingerprint density at radius 2 is 1.60 bits per heavy atom. The van der Waals surface area contributed by atoms with Gasteiger partial charge in [-0.1, -0.05) is 23.8 Å². The molecule has 0 atom stereocenters. The number of benzene rings is 2. The van der Waals surface area contributed by atoms with Crippen molar-refractivity contribution >= 4 is 34.2 Å². The molecule has 4 nitrogen and oxygen atoms in total. The van der Waals surface area contributed by atoms with E-state index in [0.29, 0.717) is 0 Å². The third-order valence-electron chi connectivity index (χ3n) is 3.43. The van der Waals surface area contributed by atoms with Gasteiger partial charge in [0.1, 0.15) is 0 Å². The highest BCUT2D eigenvalue weighted by Gasteiger charge is 2.01. The van der Waals surface area contributed by atoms with Crippen LogP contribution in [0.25, 0.3) is 0 Å². The third-order valence-corrected chi connectivity index (χ3v) is 4.32. The van der Waals surface area contributed by atoms with Crippen LogP contribution >= 0.6 is 11.3 Å². The summed E-state index contributed by atoms with van der Waals surface area (Å²) in [6.07, 6.45) is 3.17. The molecule has 0 saturated carbocycles. The second-order valence-electron chi connectivity index (χ2n) is 5.40. The molecule has 0 amide bonds. The van der Waals surface area contributed by atoms with E-state index in [1.54, 1.807) is 6.20 Å². The second-order valence-corrected chi connectivity index (χ2v) is 6.35. The highest BCUT2D eigenvalue weighted by Crippen LogP contribution is 2.20. The van der Waals surface area contributed by atoms with E-state index in [1.165, 1.54) is 23.0 Å². The summed E-state index contributed by atoms with van der Waals surface area (Å²) < 4.78 is 0. The number of carbonyl (C=O) groups excluding carboxylic acids is 1. The van der Waals surface area contributed by atoms with Gasteiger partial charge in [-0.25, -0.2) is 0 Å². The summed E-state index contributed by atoms with van der Waals surface area (Å²) in [5, 5.41) is 13.4. The van der Waals surface area contributed by atoms with Gasteiger partial charge < -0.3 is 5.32 Å². The zero-order valence-electron chi connectivity index (χ0n) is 13.7. The van der Waals surface area contributed by atoms with Gasteiger partial charge in [0.25, 0.3) is 0 Å². The fourth-order valence-corrected chi connectivity index (χ4v) is 2.71. The minimum atomic E-state index is -0.00832. The summed E-state index contributed by atoms with van der Waals surface area (Å²) in [6, 6.07) is 19.1. The van der Waals surface area contributed by atoms with Gasteiger partial charge in [-0.3, -0.25) is 4.79 Å². The number of allylic oxidation sites excluding steroid dienone is 1. The molecular weight excluding hydrogens is 330 g/mol. The minimum Gasteiger partial charge on any atom is -0.362 e. The first kappa shape index (κ1) is 16.8. The largest absolute Gasteiger partial charge is 0.362 e. The lowest BCUT2D eigenvalue weighted by Crippen LogP contribution is -1.93. The van der Waals surface area contributed by atoms with Crippen LogP contribution in [-0.2, 0) is 0 Å². The molecular formula is C20H17N3OS. The first-order valence-electron chi connectivity index (χ1n) is 7.80. The van der Waals surface area contributed by atoms with Gasteiger partial charge in [0, 0.05) is 18.0 Å². The number of ketones is 1. The van der Waals surface area contributed by atoms with Crippen molar-refractivity contribution in [2.45, 2.75) is 6.92 Å². The van der Waals surface area contributed by atoms with Crippen LogP contribution in [0.5, 0.6) is 0 Å². The van der Waals surface area contributed by atoms with Crippen molar-refractivity contribution < 1.29 is 4.79 Å². The van der Waals surface area contributed by atoms with Crippen LogP contribution in [0.4, 0.5) is 17.1 Å². The molecule has 25 heavy (non-hydrogen) atoms. The van der Waals surface area contributed by atoms with Gasteiger partial charge in [0.15, 0.2) is 5.78 Å². The predicted octanol–water partition coefficient (Wildman–Crippen LogP) is 6.28. The Balaban J connectivity index is 1.56. The van der Waals surface area contributed by atoms with E-state index in [1.807, 2.05) is 73.0 Å². The van der Waals surface area contributed by atoms with E-state index in [0.717, 1.165) is 21.9 Å². The molecule has 3 aromatic rings. The average molecular weight is 347 g/mol. The molecule has 124 valence electrons. The maximum Gasteiger partial charge on any atom is 0.197 e. The van der Waals surface area contributed by atoms with Crippen molar-refractivity contribution in [1.82, 2.24) is 0 Å². The Morgan fingerprint density at radius 3 is 2.20 bits per heavy atom. The Labute approximate surface area is 150 Å². The van der Waals surface area contributed by atoms with Crippen LogP contribution in [-0.4, -0.2) is 5.78 Å². The molecule has 0 spiro atoms. The molecule has 0 aliphatic heterocycles. The number of hydrogen-bond donors (Lipinski definition) is 1. The topological polar surface area (TPSA) is 53.8 Å². The quantitative estimate of drug-likeness (QED) is 0.324. The van der Waals surface area contributed by atoms with Crippen molar-refractivity contribution in [3.05, 3.63) is 88.8 Å². The molecule has 0 unspecified atom stereocenters. The molecule has 0 saturated heterocycles. The summed E-state index contributed by atoms with van der Waals surface area (Å²) >= 11 is 1.43. The number of nitrogens with one attached hydrogen (secondary N) is 1. The number of nitrogens with zero attached hydrogens (tertiary/aromatic N) is 2. The number of carbonyl (C=O) groups is 1. The second kappa shape index (κ2) is 8.17. The molecule has 0 aliphatic carbocycles. The van der Waals surface area contributed by atoms with Crippen LogP contribution < -0.4 is 5.32 Å². The summed E-state index contributed by atoms with van der Waals surface area (Å²) in [6.45, 7) is 2.04. The average Bonchev–Trinajstić information content (AvgIpc) is 3.17. The first-order valence-corrected chi connectivity index (χ1v) is 8.68. The van der Waals surface area contributed by atoms with E-state index in [9.17, 15) is 4.79 Å². The Hall–Kier alpha value is -3.05. The van der Waals surface area contributed by atoms with Crippen molar-refractivity contribution in [2.24, 2.45) is 10.2 Å². The summed E-state index contributed by atoms with van der Waals surface area (Å²) in [5.74, 6) is -0.00832. The van der Waals surface area contributed by atoms with Crippen LogP contribution in [0.3, 0.4) is 0 Å². The Morgan fingerprint density at radius 1 is 0.960 bits per heavy atom. The molecule has 2 aromatic carbocycles. The van der Waals surface area contributed by atoms with Crippen molar-refractivity contribution in [2.75, 3.05) is 5.32 Å². The lowest BCUT2D eigenvalue weighted by Gasteiger charge is -2.00. The Bertz CT molecular complexity index is 880. The molecule has 1 aromatic heterocycles. The van der Waals surface area contributed by atoms with E-state index in [4.69, 9.17) is 0 Å². The molecule has 3 rings (SSSR count). The zero-order valence-corrected chi connectivity index (χ0v) is 14.5. The number of anilines is 1. The molecule has 0 radical (unpaired) electrons. The highest BCUT2D eigenvalue weighted by atomic mass is 32.1. The number of azo groups is 1. The van der Waals surface area contributed by atoms with E-state index < -0.39 is 0 Å². The monoisotopic (exact) mass is 347 g/mol. The third kappa shape index (κ3) is 4.96. The molecule has 0 fully saturated rings. The van der Waals surface area contributed by atoms with E-state index in [2.05, 4.69) is 15.5 Å². The lowest BCUT2D eigenvalue weighted by molar-refractivity contribution is 0.105. The van der Waals surface area contributed by atoms with E-state index in [-0.39, 0.29) is 5.78 Å². The summed E-state index contributed by atoms with van der Waals surface area (Å²) in [5.41, 5.74) is 3.66. The molecule has 1 heterocycles. The fraction of sp³-hybridized carbons (Fsp3) is 0.0500. The van der Waals surface area contributed by atoms with Gasteiger partial charge in [0.2, 0.25) is 0 Å². The van der Waals surface area contributed by atoms with E-state index >= 15 is 0 Å². The fourth-order valence-electron chi connectivity index (χ4n) is 2.07. The summed E-state index contributed by atoms with van der Waals surface area (Å²) in [7, 11) is 0. The molecule has 0 aliphatic rings. The van der Waals surface area contributed by atoms with Crippen molar-refractivity contribution in [3.63, 3.8) is 0 Å². The Kier molecular flexibility index (Phi) is 5.49. The smallest absolute Gasteiger partial charge is 0.197 e. The van der Waals surface area contributed by atoms with Gasteiger partial charge in [0.05, 0.1) is 16.3 Å². The van der Waals surface area contributed by atoms with Crippen LogP contribution in [0.2, 0.25) is 0 Å². The molecule has 0 bridgehead atoms. The minimum absolute atomic E-state index is 0.00832. The number of rotatable bonds is 6. The van der Waals surface area contributed by atoms with Crippen LogP contribution in [0.1, 0.15) is 15.2 Å². The summed E-state index contributed by atoms with van der Waals surface area (Å²) in [4.78, 5) is 12.6. The van der Waals surface area contributed by atoms with Crippen molar-refractivity contribution in [3.8, 4) is 0 Å². The molecule has 5 heteroatoms. The predicted molar refractivity (Wildman–Crippen MR) is 103 cm³/mol. The maximum atomic E-state index is 11.8. The van der Waals surface area contributed by atoms with Gasteiger partial charge in [-0.05, 0) is 54.8 Å². The standard InChI is InChI=1S/C20H17N3OS/c1-15-4-6-17(7-5-15)22-23-18-10-8-16(9-11-18)21-13-12-19(24)20-3-2-14-25-20/h2-14,21H,1H3/b13-12+,23-22?. The van der Waals surface area contributed by atoms with Crippen LogP contribution in [0.15, 0.2) is 88.5 Å². The van der Waals surface area contributed by atoms with Crippen LogP contribution in [0, 0.1) is 6.92 Å². The zero-order chi connectivity index (χ0) is 17.5. The molecule has 1 N–H and O–H groups in total. The highest BCUT2D eigenvalue weighted by molar-refractivity contribution is 7.12. The first-order chi connectivity index (χ1) is 12.2. The maximum absolute atomic E-state index is 11.8. The lowest BCUT2D eigenvalue weighted by atomic mass is 10.2.